The fourth-order valence-corrected chi connectivity index (χ4v) is 2.31. The first kappa shape index (κ1) is 16.6. The molecule has 1 unspecified atom stereocenters. The normalized spacial score (nSPS) is 12.1. The van der Waals surface area contributed by atoms with Crippen molar-refractivity contribution in [2.75, 3.05) is 20.8 Å². The van der Waals surface area contributed by atoms with Crippen molar-refractivity contribution in [1.29, 1.82) is 0 Å². The first-order valence-electron chi connectivity index (χ1n) is 6.62. The van der Waals surface area contributed by atoms with Gasteiger partial charge < -0.3 is 14.8 Å². The second kappa shape index (κ2) is 8.00. The molecule has 0 fully saturated rings. The third-order valence-electron chi connectivity index (χ3n) is 2.86. The second-order valence-electron chi connectivity index (χ2n) is 5.01. The van der Waals surface area contributed by atoms with E-state index in [1.165, 1.54) is 7.11 Å². The Balaban J connectivity index is 2.64. The van der Waals surface area contributed by atoms with Crippen LogP contribution in [-0.2, 0) is 0 Å². The van der Waals surface area contributed by atoms with Gasteiger partial charge in [-0.15, -0.1) is 11.6 Å². The lowest BCUT2D eigenvalue weighted by Crippen LogP contribution is -2.30. The average Bonchev–Trinajstić information content (AvgIpc) is 2.43. The standard InChI is InChI=1S/C15H22ClNO3/c1-10(2)7-12(16)9-17-15(18)11-5-6-13(19-3)14(8-11)20-4/h5-6,8,10,12H,7,9H2,1-4H3,(H,17,18). The molecule has 0 saturated carbocycles. The Bertz CT molecular complexity index is 449. The second-order valence-corrected chi connectivity index (χ2v) is 5.62. The lowest BCUT2D eigenvalue weighted by atomic mass is 10.1. The Kier molecular flexibility index (Phi) is 6.65. The zero-order valence-corrected chi connectivity index (χ0v) is 13.2. The van der Waals surface area contributed by atoms with Gasteiger partial charge >= 0.3 is 0 Å². The monoisotopic (exact) mass is 299 g/mol. The summed E-state index contributed by atoms with van der Waals surface area (Å²) in [6.45, 7) is 4.66. The minimum absolute atomic E-state index is 0.0564. The molecule has 0 radical (unpaired) electrons. The van der Waals surface area contributed by atoms with Crippen LogP contribution in [-0.4, -0.2) is 32.0 Å². The minimum Gasteiger partial charge on any atom is -0.493 e. The maximum atomic E-state index is 12.0. The number of benzene rings is 1. The van der Waals surface area contributed by atoms with Crippen molar-refractivity contribution in [3.8, 4) is 11.5 Å². The smallest absolute Gasteiger partial charge is 0.251 e. The first-order chi connectivity index (χ1) is 9.47. The average molecular weight is 300 g/mol. The number of halogens is 1. The maximum Gasteiger partial charge on any atom is 0.251 e. The molecule has 1 rings (SSSR count). The predicted octanol–water partition coefficient (Wildman–Crippen LogP) is 3.09. The number of carbonyl (C=O) groups is 1. The molecule has 1 aromatic carbocycles. The molecule has 0 bridgehead atoms. The Morgan fingerprint density at radius 3 is 2.45 bits per heavy atom. The minimum atomic E-state index is -0.166. The molecule has 0 aliphatic carbocycles. The molecule has 5 heteroatoms. The first-order valence-corrected chi connectivity index (χ1v) is 7.05. The maximum absolute atomic E-state index is 12.0. The van der Waals surface area contributed by atoms with E-state index in [1.807, 2.05) is 0 Å². The van der Waals surface area contributed by atoms with Gasteiger partial charge in [0.1, 0.15) is 0 Å². The van der Waals surface area contributed by atoms with E-state index in [0.29, 0.717) is 29.5 Å². The van der Waals surface area contributed by atoms with Crippen LogP contribution < -0.4 is 14.8 Å². The van der Waals surface area contributed by atoms with Gasteiger partial charge in [0.25, 0.3) is 5.91 Å². The largest absolute Gasteiger partial charge is 0.493 e. The van der Waals surface area contributed by atoms with Crippen LogP contribution in [0.4, 0.5) is 0 Å². The molecular formula is C15H22ClNO3. The summed E-state index contributed by atoms with van der Waals surface area (Å²) >= 11 is 6.15. The Morgan fingerprint density at radius 1 is 1.25 bits per heavy atom. The Labute approximate surface area is 125 Å². The van der Waals surface area contributed by atoms with Crippen LogP contribution in [0.1, 0.15) is 30.6 Å². The van der Waals surface area contributed by atoms with Crippen LogP contribution in [0.3, 0.4) is 0 Å². The van der Waals surface area contributed by atoms with E-state index in [9.17, 15) is 4.79 Å². The summed E-state index contributed by atoms with van der Waals surface area (Å²) in [7, 11) is 3.10. The summed E-state index contributed by atoms with van der Waals surface area (Å²) in [5, 5.41) is 2.77. The van der Waals surface area contributed by atoms with Crippen LogP contribution in [0, 0.1) is 5.92 Å². The highest BCUT2D eigenvalue weighted by Gasteiger charge is 2.13. The third-order valence-corrected chi connectivity index (χ3v) is 3.19. The van der Waals surface area contributed by atoms with Gasteiger partial charge in [0, 0.05) is 12.1 Å². The van der Waals surface area contributed by atoms with E-state index in [1.54, 1.807) is 25.3 Å². The number of hydrogen-bond acceptors (Lipinski definition) is 3. The summed E-state index contributed by atoms with van der Waals surface area (Å²) < 4.78 is 10.3. The van der Waals surface area contributed by atoms with E-state index in [4.69, 9.17) is 21.1 Å². The van der Waals surface area contributed by atoms with Gasteiger partial charge in [-0.05, 0) is 30.5 Å². The number of nitrogens with one attached hydrogen (secondary N) is 1. The van der Waals surface area contributed by atoms with Gasteiger partial charge in [0.05, 0.1) is 19.6 Å². The highest BCUT2D eigenvalue weighted by Crippen LogP contribution is 2.27. The lowest BCUT2D eigenvalue weighted by Gasteiger charge is -2.14. The number of ether oxygens (including phenoxy) is 2. The fraction of sp³-hybridized carbons (Fsp3) is 0.533. The summed E-state index contributed by atoms with van der Waals surface area (Å²) in [4.78, 5) is 12.0. The molecular weight excluding hydrogens is 278 g/mol. The number of hydrogen-bond donors (Lipinski definition) is 1. The van der Waals surface area contributed by atoms with Crippen LogP contribution in [0.25, 0.3) is 0 Å². The zero-order chi connectivity index (χ0) is 15.1. The van der Waals surface area contributed by atoms with E-state index in [-0.39, 0.29) is 11.3 Å². The van der Waals surface area contributed by atoms with Gasteiger partial charge in [0.2, 0.25) is 0 Å². The lowest BCUT2D eigenvalue weighted by molar-refractivity contribution is 0.0952. The Hall–Kier alpha value is -1.42. The van der Waals surface area contributed by atoms with Gasteiger partial charge in [-0.1, -0.05) is 13.8 Å². The van der Waals surface area contributed by atoms with E-state index in [2.05, 4.69) is 19.2 Å². The molecule has 20 heavy (non-hydrogen) atoms. The predicted molar refractivity (Wildman–Crippen MR) is 81.0 cm³/mol. The summed E-state index contributed by atoms with van der Waals surface area (Å²) in [6, 6.07) is 5.06. The molecule has 112 valence electrons. The fourth-order valence-electron chi connectivity index (χ4n) is 1.88. The molecule has 1 aromatic rings. The van der Waals surface area contributed by atoms with Crippen molar-refractivity contribution in [2.45, 2.75) is 25.6 Å². The van der Waals surface area contributed by atoms with E-state index in [0.717, 1.165) is 6.42 Å². The highest BCUT2D eigenvalue weighted by atomic mass is 35.5. The molecule has 0 aromatic heterocycles. The number of amides is 1. The van der Waals surface area contributed by atoms with Crippen LogP contribution in [0.2, 0.25) is 0 Å². The van der Waals surface area contributed by atoms with Crippen molar-refractivity contribution < 1.29 is 14.3 Å². The van der Waals surface area contributed by atoms with Crippen LogP contribution in [0.15, 0.2) is 18.2 Å². The van der Waals surface area contributed by atoms with Crippen molar-refractivity contribution >= 4 is 17.5 Å². The summed E-state index contributed by atoms with van der Waals surface area (Å²) in [5.41, 5.74) is 0.524. The highest BCUT2D eigenvalue weighted by molar-refractivity contribution is 6.21. The van der Waals surface area contributed by atoms with Crippen molar-refractivity contribution in [1.82, 2.24) is 5.32 Å². The molecule has 0 spiro atoms. The molecule has 1 atom stereocenters. The zero-order valence-electron chi connectivity index (χ0n) is 12.4. The topological polar surface area (TPSA) is 47.6 Å². The van der Waals surface area contributed by atoms with Crippen molar-refractivity contribution in [2.24, 2.45) is 5.92 Å². The SMILES string of the molecule is COc1ccc(C(=O)NCC(Cl)CC(C)C)cc1OC. The quantitative estimate of drug-likeness (QED) is 0.787. The van der Waals surface area contributed by atoms with Crippen LogP contribution in [0.5, 0.6) is 11.5 Å². The Morgan fingerprint density at radius 2 is 1.90 bits per heavy atom. The molecule has 0 saturated heterocycles. The van der Waals surface area contributed by atoms with Crippen molar-refractivity contribution in [3.63, 3.8) is 0 Å². The molecule has 1 amide bonds. The summed E-state index contributed by atoms with van der Waals surface area (Å²) in [5.74, 6) is 1.47. The number of rotatable bonds is 7. The van der Waals surface area contributed by atoms with Gasteiger partial charge in [0.15, 0.2) is 11.5 Å². The molecule has 0 aliphatic heterocycles. The number of methoxy groups -OCH3 is 2. The van der Waals surface area contributed by atoms with E-state index < -0.39 is 0 Å². The van der Waals surface area contributed by atoms with Gasteiger partial charge in [-0.25, -0.2) is 0 Å². The third kappa shape index (κ3) is 4.93. The number of carbonyl (C=O) groups excluding carboxylic acids is 1. The van der Waals surface area contributed by atoms with Gasteiger partial charge in [-0.2, -0.15) is 0 Å². The van der Waals surface area contributed by atoms with Crippen LogP contribution >= 0.6 is 11.6 Å². The molecule has 4 nitrogen and oxygen atoms in total. The number of alkyl halides is 1. The van der Waals surface area contributed by atoms with Gasteiger partial charge in [-0.3, -0.25) is 4.79 Å². The molecule has 0 heterocycles. The van der Waals surface area contributed by atoms with Crippen molar-refractivity contribution in [3.05, 3.63) is 23.8 Å². The summed E-state index contributed by atoms with van der Waals surface area (Å²) in [6.07, 6.45) is 0.869. The molecule has 0 aliphatic rings. The molecule has 1 N–H and O–H groups in total. The van der Waals surface area contributed by atoms with E-state index >= 15 is 0 Å².